The number of likely N-dealkylation sites (N-methyl/N-ethyl adjacent to an activating group) is 1. The van der Waals surface area contributed by atoms with Gasteiger partial charge in [0.25, 0.3) is 0 Å². The van der Waals surface area contributed by atoms with Crippen LogP contribution in [0.15, 0.2) is 0 Å². The Morgan fingerprint density at radius 2 is 2.00 bits per heavy atom. The number of nitrogens with one attached hydrogen (secondary N) is 1. The Morgan fingerprint density at radius 3 is 2.52 bits per heavy atom. The normalized spacial score (nSPS) is 37.6. The van der Waals surface area contributed by atoms with E-state index in [9.17, 15) is 4.79 Å². The van der Waals surface area contributed by atoms with Gasteiger partial charge in [-0.25, -0.2) is 0 Å². The molecular formula is C16H30N2O3. The van der Waals surface area contributed by atoms with E-state index in [0.29, 0.717) is 6.54 Å². The molecule has 0 bridgehead atoms. The van der Waals surface area contributed by atoms with E-state index in [1.165, 1.54) is 12.8 Å². The Hall–Kier alpha value is -0.650. The smallest absolute Gasteiger partial charge is 0.237 e. The molecular weight excluding hydrogens is 268 g/mol. The van der Waals surface area contributed by atoms with E-state index in [1.807, 2.05) is 7.05 Å². The lowest BCUT2D eigenvalue weighted by atomic mass is 9.79. The topological polar surface area (TPSA) is 50.8 Å². The number of amides is 1. The van der Waals surface area contributed by atoms with Crippen LogP contribution in [0.3, 0.4) is 0 Å². The molecule has 5 nitrogen and oxygen atoms in total. The summed E-state index contributed by atoms with van der Waals surface area (Å²) in [5.41, 5.74) is -0.167. The first kappa shape index (κ1) is 16.7. The minimum absolute atomic E-state index is 0.0774. The maximum atomic E-state index is 12.4. The molecule has 0 unspecified atom stereocenters. The van der Waals surface area contributed by atoms with Crippen molar-refractivity contribution in [1.82, 2.24) is 10.2 Å². The number of ether oxygens (including phenoxy) is 2. The molecule has 21 heavy (non-hydrogen) atoms. The summed E-state index contributed by atoms with van der Waals surface area (Å²) >= 11 is 0. The van der Waals surface area contributed by atoms with Gasteiger partial charge in [0.2, 0.25) is 5.91 Å². The molecule has 1 N–H and O–H groups in total. The molecule has 0 radical (unpaired) electrons. The van der Waals surface area contributed by atoms with Gasteiger partial charge in [-0.1, -0.05) is 6.92 Å². The van der Waals surface area contributed by atoms with Crippen LogP contribution in [0, 0.1) is 5.92 Å². The van der Waals surface area contributed by atoms with Crippen LogP contribution in [0.1, 0.15) is 39.0 Å². The van der Waals surface area contributed by atoms with Crippen molar-refractivity contribution >= 4 is 5.91 Å². The fourth-order valence-corrected chi connectivity index (χ4v) is 3.54. The van der Waals surface area contributed by atoms with E-state index >= 15 is 0 Å². The molecule has 0 spiro atoms. The van der Waals surface area contributed by atoms with Gasteiger partial charge >= 0.3 is 0 Å². The van der Waals surface area contributed by atoms with Crippen LogP contribution in [0.2, 0.25) is 0 Å². The zero-order valence-electron chi connectivity index (χ0n) is 13.9. The van der Waals surface area contributed by atoms with Gasteiger partial charge in [0.05, 0.1) is 17.7 Å². The van der Waals surface area contributed by atoms with Crippen LogP contribution in [0.25, 0.3) is 0 Å². The van der Waals surface area contributed by atoms with Gasteiger partial charge in [-0.15, -0.1) is 0 Å². The molecule has 5 heteroatoms. The minimum atomic E-state index is -0.167. The predicted octanol–water partition coefficient (Wildman–Crippen LogP) is 1.42. The van der Waals surface area contributed by atoms with Crippen molar-refractivity contribution in [2.75, 3.05) is 34.4 Å². The van der Waals surface area contributed by atoms with Crippen molar-refractivity contribution in [2.24, 2.45) is 5.92 Å². The van der Waals surface area contributed by atoms with Gasteiger partial charge in [0, 0.05) is 27.3 Å². The van der Waals surface area contributed by atoms with Crippen molar-refractivity contribution in [1.29, 1.82) is 0 Å². The van der Waals surface area contributed by atoms with E-state index < -0.39 is 0 Å². The highest BCUT2D eigenvalue weighted by Crippen LogP contribution is 2.34. The number of likely N-dealkylation sites (tertiary alicyclic amines) is 1. The molecule has 0 aromatic carbocycles. The van der Waals surface area contributed by atoms with Crippen LogP contribution in [0.4, 0.5) is 0 Å². The number of nitrogens with zero attached hydrogens (tertiary/aromatic N) is 1. The Kier molecular flexibility index (Phi) is 5.63. The van der Waals surface area contributed by atoms with Crippen LogP contribution < -0.4 is 5.32 Å². The lowest BCUT2D eigenvalue weighted by Gasteiger charge is -2.38. The quantitative estimate of drug-likeness (QED) is 0.834. The summed E-state index contributed by atoms with van der Waals surface area (Å²) in [7, 11) is 5.46. The number of methoxy groups -OCH3 is 2. The van der Waals surface area contributed by atoms with Gasteiger partial charge < -0.3 is 14.8 Å². The molecule has 1 saturated carbocycles. The standard InChI is InChI=1S/C16H30N2O3/c1-12-5-7-16(21-4,8-6-12)11-17-15(19)14-9-13(20-3)10-18(14)2/h12-14H,5-11H2,1-4H3,(H,17,19)/t12?,13-,14-,16?/m0/s1. The second-order valence-electron chi connectivity index (χ2n) is 6.84. The highest BCUT2D eigenvalue weighted by Gasteiger charge is 2.38. The Bertz CT molecular complexity index is 353. The number of hydrogen-bond donors (Lipinski definition) is 1. The fraction of sp³-hybridized carbons (Fsp3) is 0.938. The minimum Gasteiger partial charge on any atom is -0.380 e. The molecule has 122 valence electrons. The van der Waals surface area contributed by atoms with Crippen molar-refractivity contribution in [2.45, 2.75) is 56.8 Å². The van der Waals surface area contributed by atoms with E-state index in [0.717, 1.165) is 31.7 Å². The fourth-order valence-electron chi connectivity index (χ4n) is 3.54. The van der Waals surface area contributed by atoms with Crippen LogP contribution in [0.5, 0.6) is 0 Å². The largest absolute Gasteiger partial charge is 0.380 e. The van der Waals surface area contributed by atoms with Crippen molar-refractivity contribution in [3.05, 3.63) is 0 Å². The zero-order valence-corrected chi connectivity index (χ0v) is 13.9. The number of rotatable bonds is 5. The SMILES string of the molecule is CO[C@H]1C[C@@H](C(=O)NCC2(OC)CCC(C)CC2)N(C)C1. The van der Waals surface area contributed by atoms with E-state index in [2.05, 4.69) is 17.1 Å². The Labute approximate surface area is 128 Å². The molecule has 1 amide bonds. The summed E-state index contributed by atoms with van der Waals surface area (Å²) in [6, 6.07) is -0.0774. The van der Waals surface area contributed by atoms with Gasteiger partial charge in [0.1, 0.15) is 0 Å². The van der Waals surface area contributed by atoms with Gasteiger partial charge in [-0.2, -0.15) is 0 Å². The average molecular weight is 298 g/mol. The molecule has 0 aromatic heterocycles. The molecule has 1 aliphatic heterocycles. The van der Waals surface area contributed by atoms with E-state index in [4.69, 9.17) is 9.47 Å². The van der Waals surface area contributed by atoms with Crippen LogP contribution in [-0.2, 0) is 14.3 Å². The first-order valence-corrected chi connectivity index (χ1v) is 8.05. The first-order chi connectivity index (χ1) is 9.99. The first-order valence-electron chi connectivity index (χ1n) is 8.05. The maximum Gasteiger partial charge on any atom is 0.237 e. The lowest BCUT2D eigenvalue weighted by Crippen LogP contribution is -2.50. The second kappa shape index (κ2) is 7.07. The number of hydrogen-bond acceptors (Lipinski definition) is 4. The highest BCUT2D eigenvalue weighted by molar-refractivity contribution is 5.82. The van der Waals surface area contributed by atoms with Crippen molar-refractivity contribution in [3.8, 4) is 0 Å². The van der Waals surface area contributed by atoms with E-state index in [1.54, 1.807) is 14.2 Å². The second-order valence-corrected chi connectivity index (χ2v) is 6.84. The third-order valence-corrected chi connectivity index (χ3v) is 5.35. The average Bonchev–Trinajstić information content (AvgIpc) is 2.88. The molecule has 0 aromatic rings. The molecule has 1 aliphatic carbocycles. The molecule has 2 fully saturated rings. The predicted molar refractivity (Wildman–Crippen MR) is 82.2 cm³/mol. The molecule has 2 atom stereocenters. The molecule has 1 heterocycles. The number of carbonyl (C=O) groups excluding carboxylic acids is 1. The third-order valence-electron chi connectivity index (χ3n) is 5.35. The summed E-state index contributed by atoms with van der Waals surface area (Å²) < 4.78 is 11.1. The molecule has 1 saturated heterocycles. The maximum absolute atomic E-state index is 12.4. The summed E-state index contributed by atoms with van der Waals surface area (Å²) in [4.78, 5) is 14.5. The Morgan fingerprint density at radius 1 is 1.33 bits per heavy atom. The summed E-state index contributed by atoms with van der Waals surface area (Å²) in [6.07, 6.45) is 5.36. The van der Waals surface area contributed by atoms with Gasteiger partial charge in [-0.05, 0) is 45.1 Å². The van der Waals surface area contributed by atoms with E-state index in [-0.39, 0.29) is 23.7 Å². The van der Waals surface area contributed by atoms with Gasteiger partial charge in [-0.3, -0.25) is 9.69 Å². The highest BCUT2D eigenvalue weighted by atomic mass is 16.5. The summed E-state index contributed by atoms with van der Waals surface area (Å²) in [5, 5.41) is 3.11. The van der Waals surface area contributed by atoms with Crippen LogP contribution >= 0.6 is 0 Å². The summed E-state index contributed by atoms with van der Waals surface area (Å²) in [6.45, 7) is 3.73. The lowest BCUT2D eigenvalue weighted by molar-refractivity contribution is -0.127. The third kappa shape index (κ3) is 3.96. The van der Waals surface area contributed by atoms with Crippen molar-refractivity contribution < 1.29 is 14.3 Å². The Balaban J connectivity index is 1.85. The molecule has 2 aliphatic rings. The van der Waals surface area contributed by atoms with Crippen molar-refractivity contribution in [3.63, 3.8) is 0 Å². The summed E-state index contributed by atoms with van der Waals surface area (Å²) in [5.74, 6) is 0.875. The van der Waals surface area contributed by atoms with Gasteiger partial charge in [0.15, 0.2) is 0 Å². The monoisotopic (exact) mass is 298 g/mol. The number of carbonyl (C=O) groups is 1. The zero-order chi connectivity index (χ0) is 15.5. The molecule has 2 rings (SSSR count). The van der Waals surface area contributed by atoms with Crippen LogP contribution in [-0.4, -0.2) is 62.9 Å².